The molecule has 2 amide bonds. The predicted octanol–water partition coefficient (Wildman–Crippen LogP) is 2.38. The predicted molar refractivity (Wildman–Crippen MR) is 91.5 cm³/mol. The Balaban J connectivity index is 1.72. The van der Waals surface area contributed by atoms with E-state index in [0.29, 0.717) is 44.0 Å². The molecule has 150 valence electrons. The van der Waals surface area contributed by atoms with Gasteiger partial charge in [0.2, 0.25) is 5.91 Å². The molecule has 9 heteroatoms. The first-order valence-electron chi connectivity index (χ1n) is 8.76. The zero-order chi connectivity index (χ0) is 19.9. The quantitative estimate of drug-likeness (QED) is 0.779. The smallest absolute Gasteiger partial charge is 0.405 e. The average molecular weight is 388 g/mol. The Labute approximate surface area is 155 Å². The standard InChI is InChI=1S/C18H23F3N2O4/c1-2-26-14-3-5-15(6-4-14)27-11-16(24)23-9-7-13(8-10-23)17(25)22-12-18(19,20)21/h3-6,13H,2,7-12H2,1H3,(H,22,25). The largest absolute Gasteiger partial charge is 0.494 e. The van der Waals surface area contributed by atoms with E-state index in [4.69, 9.17) is 9.47 Å². The van der Waals surface area contributed by atoms with Crippen molar-refractivity contribution in [2.24, 2.45) is 5.92 Å². The molecule has 1 aliphatic heterocycles. The molecular formula is C18H23F3N2O4. The van der Waals surface area contributed by atoms with Crippen molar-refractivity contribution >= 4 is 11.8 Å². The Morgan fingerprint density at radius 3 is 2.19 bits per heavy atom. The monoisotopic (exact) mass is 388 g/mol. The van der Waals surface area contributed by atoms with E-state index in [-0.39, 0.29) is 12.5 Å². The van der Waals surface area contributed by atoms with E-state index in [9.17, 15) is 22.8 Å². The molecule has 0 spiro atoms. The SMILES string of the molecule is CCOc1ccc(OCC(=O)N2CCC(C(=O)NCC(F)(F)F)CC2)cc1. The molecule has 6 nitrogen and oxygen atoms in total. The second-order valence-corrected chi connectivity index (χ2v) is 6.18. The molecule has 0 atom stereocenters. The molecule has 1 fully saturated rings. The summed E-state index contributed by atoms with van der Waals surface area (Å²) in [5, 5.41) is 1.89. The molecule has 0 radical (unpaired) electrons. The topological polar surface area (TPSA) is 67.9 Å². The number of carbonyl (C=O) groups excluding carboxylic acids is 2. The Hall–Kier alpha value is -2.45. The number of carbonyl (C=O) groups is 2. The van der Waals surface area contributed by atoms with E-state index in [1.54, 1.807) is 29.2 Å². The van der Waals surface area contributed by atoms with Gasteiger partial charge in [0, 0.05) is 19.0 Å². The summed E-state index contributed by atoms with van der Waals surface area (Å²) in [6, 6.07) is 6.90. The lowest BCUT2D eigenvalue weighted by Gasteiger charge is -2.31. The Morgan fingerprint density at radius 1 is 1.11 bits per heavy atom. The lowest BCUT2D eigenvalue weighted by atomic mass is 9.96. The maximum Gasteiger partial charge on any atom is 0.405 e. The van der Waals surface area contributed by atoms with Crippen molar-refractivity contribution in [3.05, 3.63) is 24.3 Å². The van der Waals surface area contributed by atoms with Crippen molar-refractivity contribution in [2.75, 3.05) is 32.8 Å². The molecule has 1 N–H and O–H groups in total. The molecule has 0 saturated carbocycles. The van der Waals surface area contributed by atoms with Gasteiger partial charge in [0.15, 0.2) is 6.61 Å². The van der Waals surface area contributed by atoms with Crippen molar-refractivity contribution in [1.29, 1.82) is 0 Å². The summed E-state index contributed by atoms with van der Waals surface area (Å²) in [5.41, 5.74) is 0. The van der Waals surface area contributed by atoms with Crippen LogP contribution in [0.15, 0.2) is 24.3 Å². The number of likely N-dealkylation sites (tertiary alicyclic amines) is 1. The molecule has 1 heterocycles. The van der Waals surface area contributed by atoms with Crippen LogP contribution < -0.4 is 14.8 Å². The van der Waals surface area contributed by atoms with Gasteiger partial charge in [0.1, 0.15) is 18.0 Å². The van der Waals surface area contributed by atoms with Crippen molar-refractivity contribution < 1.29 is 32.2 Å². The van der Waals surface area contributed by atoms with E-state index in [2.05, 4.69) is 0 Å². The van der Waals surface area contributed by atoms with Gasteiger partial charge in [-0.15, -0.1) is 0 Å². The van der Waals surface area contributed by atoms with Crippen molar-refractivity contribution in [2.45, 2.75) is 25.9 Å². The average Bonchev–Trinajstić information content (AvgIpc) is 2.65. The number of hydrogen-bond acceptors (Lipinski definition) is 4. The fourth-order valence-corrected chi connectivity index (χ4v) is 2.76. The Bertz CT molecular complexity index is 626. The first kappa shape index (κ1) is 20.9. The summed E-state index contributed by atoms with van der Waals surface area (Å²) in [6.07, 6.45) is -3.76. The van der Waals surface area contributed by atoms with Crippen LogP contribution in [0.4, 0.5) is 13.2 Å². The number of rotatable bonds is 7. The highest BCUT2D eigenvalue weighted by Crippen LogP contribution is 2.20. The van der Waals surface area contributed by atoms with Gasteiger partial charge < -0.3 is 19.7 Å². The third-order valence-corrected chi connectivity index (χ3v) is 4.18. The van der Waals surface area contributed by atoms with E-state index in [0.717, 1.165) is 0 Å². The van der Waals surface area contributed by atoms with Crippen LogP contribution in [0.2, 0.25) is 0 Å². The van der Waals surface area contributed by atoms with Crippen LogP contribution in [0, 0.1) is 5.92 Å². The second-order valence-electron chi connectivity index (χ2n) is 6.18. The normalized spacial score (nSPS) is 15.3. The molecule has 0 unspecified atom stereocenters. The zero-order valence-electron chi connectivity index (χ0n) is 15.1. The van der Waals surface area contributed by atoms with Gasteiger partial charge in [-0.3, -0.25) is 9.59 Å². The van der Waals surface area contributed by atoms with Crippen LogP contribution >= 0.6 is 0 Å². The maximum absolute atomic E-state index is 12.2. The molecule has 0 bridgehead atoms. The summed E-state index contributed by atoms with van der Waals surface area (Å²) in [5.74, 6) is -0.109. The van der Waals surface area contributed by atoms with Gasteiger partial charge in [-0.05, 0) is 44.0 Å². The lowest BCUT2D eigenvalue weighted by Crippen LogP contribution is -2.45. The molecule has 1 saturated heterocycles. The fraction of sp³-hybridized carbons (Fsp3) is 0.556. The van der Waals surface area contributed by atoms with Gasteiger partial charge in [-0.2, -0.15) is 13.2 Å². The van der Waals surface area contributed by atoms with Crippen molar-refractivity contribution in [3.63, 3.8) is 0 Å². The first-order chi connectivity index (χ1) is 12.8. The van der Waals surface area contributed by atoms with Crippen LogP contribution in [0.3, 0.4) is 0 Å². The number of nitrogens with one attached hydrogen (secondary N) is 1. The number of benzene rings is 1. The van der Waals surface area contributed by atoms with Gasteiger partial charge in [-0.1, -0.05) is 0 Å². The molecular weight excluding hydrogens is 365 g/mol. The zero-order valence-corrected chi connectivity index (χ0v) is 15.1. The Kier molecular flexibility index (Phi) is 7.32. The minimum atomic E-state index is -4.43. The third kappa shape index (κ3) is 6.99. The van der Waals surface area contributed by atoms with Gasteiger partial charge in [-0.25, -0.2) is 0 Å². The minimum Gasteiger partial charge on any atom is -0.494 e. The highest BCUT2D eigenvalue weighted by molar-refractivity contribution is 5.80. The lowest BCUT2D eigenvalue weighted by molar-refractivity contribution is -0.143. The fourth-order valence-electron chi connectivity index (χ4n) is 2.76. The van der Waals surface area contributed by atoms with Crippen molar-refractivity contribution in [3.8, 4) is 11.5 Å². The van der Waals surface area contributed by atoms with Gasteiger partial charge in [0.05, 0.1) is 6.61 Å². The molecule has 1 aromatic rings. The molecule has 0 aromatic heterocycles. The number of alkyl halides is 3. The molecule has 1 aliphatic rings. The summed E-state index contributed by atoms with van der Waals surface area (Å²) in [4.78, 5) is 25.5. The van der Waals surface area contributed by atoms with Crippen LogP contribution in [-0.4, -0.2) is 55.7 Å². The van der Waals surface area contributed by atoms with E-state index in [1.165, 1.54) is 0 Å². The van der Waals surface area contributed by atoms with E-state index >= 15 is 0 Å². The van der Waals surface area contributed by atoms with Crippen molar-refractivity contribution in [1.82, 2.24) is 10.2 Å². The third-order valence-electron chi connectivity index (χ3n) is 4.18. The summed E-state index contributed by atoms with van der Waals surface area (Å²) < 4.78 is 47.2. The summed E-state index contributed by atoms with van der Waals surface area (Å²) in [7, 11) is 0. The maximum atomic E-state index is 12.2. The number of piperidine rings is 1. The number of amides is 2. The molecule has 0 aliphatic carbocycles. The number of hydrogen-bond donors (Lipinski definition) is 1. The highest BCUT2D eigenvalue weighted by atomic mass is 19.4. The van der Waals surface area contributed by atoms with Crippen LogP contribution in [0.25, 0.3) is 0 Å². The van der Waals surface area contributed by atoms with Crippen LogP contribution in [0.1, 0.15) is 19.8 Å². The molecule has 27 heavy (non-hydrogen) atoms. The van der Waals surface area contributed by atoms with Crippen LogP contribution in [0.5, 0.6) is 11.5 Å². The summed E-state index contributed by atoms with van der Waals surface area (Å²) >= 11 is 0. The Morgan fingerprint density at radius 2 is 1.67 bits per heavy atom. The number of halogens is 3. The molecule has 1 aromatic carbocycles. The highest BCUT2D eigenvalue weighted by Gasteiger charge is 2.31. The minimum absolute atomic E-state index is 0.140. The van der Waals surface area contributed by atoms with Gasteiger partial charge in [0.25, 0.3) is 5.91 Å². The van der Waals surface area contributed by atoms with E-state index in [1.807, 2.05) is 12.2 Å². The first-order valence-corrected chi connectivity index (χ1v) is 8.76. The number of ether oxygens (including phenoxy) is 2. The van der Waals surface area contributed by atoms with E-state index < -0.39 is 24.5 Å². The van der Waals surface area contributed by atoms with Crippen LogP contribution in [-0.2, 0) is 9.59 Å². The summed E-state index contributed by atoms with van der Waals surface area (Å²) in [6.45, 7) is 1.60. The second kappa shape index (κ2) is 9.48. The number of nitrogens with zero attached hydrogens (tertiary/aromatic N) is 1. The van der Waals surface area contributed by atoms with Gasteiger partial charge >= 0.3 is 6.18 Å². The molecule has 2 rings (SSSR count).